The quantitative estimate of drug-likeness (QED) is 0.237. The number of nitrogens with zero attached hydrogens (tertiary/aromatic N) is 2. The molecular formula is C29H38N2O3S. The fraction of sp³-hybridized carbons (Fsp3) is 0.517. The molecule has 2 aromatic carbocycles. The summed E-state index contributed by atoms with van der Waals surface area (Å²) in [5, 5.41) is 0.804. The van der Waals surface area contributed by atoms with E-state index < -0.39 is 0 Å². The van der Waals surface area contributed by atoms with E-state index in [9.17, 15) is 9.59 Å². The lowest BCUT2D eigenvalue weighted by Crippen LogP contribution is -2.30. The van der Waals surface area contributed by atoms with Crippen molar-refractivity contribution in [3.63, 3.8) is 0 Å². The van der Waals surface area contributed by atoms with E-state index in [0.29, 0.717) is 17.7 Å². The molecular weight excluding hydrogens is 456 g/mol. The number of hydrogen-bond acceptors (Lipinski definition) is 5. The Morgan fingerprint density at radius 2 is 1.63 bits per heavy atom. The lowest BCUT2D eigenvalue weighted by Gasteiger charge is -2.17. The zero-order valence-electron chi connectivity index (χ0n) is 20.9. The van der Waals surface area contributed by atoms with Crippen LogP contribution in [0.3, 0.4) is 0 Å². The number of thioether (sulfide) groups is 1. The molecule has 4 rings (SSSR count). The smallest absolute Gasteiger partial charge is 0.261 e. The number of fused-ring (bicyclic) bond motifs is 1. The number of unbranched alkanes of at least 4 members (excludes halogenated alkanes) is 3. The number of carbonyl (C=O) groups excluding carboxylic acids is 2. The van der Waals surface area contributed by atoms with Crippen molar-refractivity contribution in [2.45, 2.75) is 68.1 Å². The fourth-order valence-electron chi connectivity index (χ4n) is 4.90. The van der Waals surface area contributed by atoms with Gasteiger partial charge in [0.05, 0.1) is 17.7 Å². The molecule has 35 heavy (non-hydrogen) atoms. The van der Waals surface area contributed by atoms with Crippen LogP contribution in [0.15, 0.2) is 53.4 Å². The Labute approximate surface area is 214 Å². The predicted octanol–water partition coefficient (Wildman–Crippen LogP) is 6.03. The Morgan fingerprint density at radius 3 is 2.37 bits per heavy atom. The molecule has 0 atom stereocenters. The van der Waals surface area contributed by atoms with E-state index in [1.807, 2.05) is 0 Å². The molecule has 0 bridgehead atoms. The van der Waals surface area contributed by atoms with Crippen molar-refractivity contribution in [2.24, 2.45) is 0 Å². The van der Waals surface area contributed by atoms with Crippen LogP contribution in [0.4, 0.5) is 0 Å². The highest BCUT2D eigenvalue weighted by Crippen LogP contribution is 2.35. The second-order valence-corrected chi connectivity index (χ2v) is 11.1. The van der Waals surface area contributed by atoms with Crippen LogP contribution in [-0.4, -0.2) is 60.2 Å². The number of likely N-dealkylation sites (N-methyl/N-ethyl adjacent to an activating group) is 1. The second kappa shape index (κ2) is 13.2. The molecule has 1 aliphatic carbocycles. The maximum absolute atomic E-state index is 12.4. The summed E-state index contributed by atoms with van der Waals surface area (Å²) in [6.45, 7) is 3.86. The van der Waals surface area contributed by atoms with Crippen LogP contribution in [0.2, 0.25) is 0 Å². The normalized spacial score (nSPS) is 16.0. The topological polar surface area (TPSA) is 49.9 Å². The Balaban J connectivity index is 1.03. The SMILES string of the molecule is CN(CCOCCCCCCN1C(=O)c2ccccc2C1=O)Cc1cccc(SC2CCCC2)c1. The molecule has 1 aliphatic heterocycles. The number of carbonyl (C=O) groups is 2. The van der Waals surface area contributed by atoms with Crippen molar-refractivity contribution < 1.29 is 14.3 Å². The van der Waals surface area contributed by atoms with Crippen molar-refractivity contribution in [3.8, 4) is 0 Å². The molecule has 2 aromatic rings. The number of hydrogen-bond donors (Lipinski definition) is 0. The van der Waals surface area contributed by atoms with Gasteiger partial charge in [0, 0.05) is 36.4 Å². The predicted molar refractivity (Wildman–Crippen MR) is 142 cm³/mol. The monoisotopic (exact) mass is 494 g/mol. The number of imide groups is 1. The average Bonchev–Trinajstić information content (AvgIpc) is 3.45. The fourth-order valence-corrected chi connectivity index (χ4v) is 6.23. The lowest BCUT2D eigenvalue weighted by atomic mass is 10.1. The third-order valence-corrected chi connectivity index (χ3v) is 8.20. The largest absolute Gasteiger partial charge is 0.380 e. The zero-order chi connectivity index (χ0) is 24.5. The van der Waals surface area contributed by atoms with Gasteiger partial charge in [0.2, 0.25) is 0 Å². The van der Waals surface area contributed by atoms with Gasteiger partial charge >= 0.3 is 0 Å². The molecule has 0 aromatic heterocycles. The van der Waals surface area contributed by atoms with Crippen LogP contribution in [0.25, 0.3) is 0 Å². The van der Waals surface area contributed by atoms with Gasteiger partial charge in [-0.15, -0.1) is 11.8 Å². The molecule has 5 nitrogen and oxygen atoms in total. The number of rotatable bonds is 14. The molecule has 0 saturated heterocycles. The highest BCUT2D eigenvalue weighted by Gasteiger charge is 2.34. The first kappa shape index (κ1) is 25.9. The minimum absolute atomic E-state index is 0.155. The maximum atomic E-state index is 12.4. The second-order valence-electron chi connectivity index (χ2n) is 9.74. The van der Waals surface area contributed by atoms with Crippen LogP contribution in [0.5, 0.6) is 0 Å². The Hall–Kier alpha value is -2.15. The first-order chi connectivity index (χ1) is 17.1. The van der Waals surface area contributed by atoms with Gasteiger partial charge in [-0.2, -0.15) is 0 Å². The van der Waals surface area contributed by atoms with E-state index in [4.69, 9.17) is 4.74 Å². The average molecular weight is 495 g/mol. The molecule has 6 heteroatoms. The van der Waals surface area contributed by atoms with E-state index in [1.54, 1.807) is 24.3 Å². The van der Waals surface area contributed by atoms with Gasteiger partial charge in [-0.3, -0.25) is 19.4 Å². The van der Waals surface area contributed by atoms with E-state index in [-0.39, 0.29) is 11.8 Å². The van der Waals surface area contributed by atoms with Gasteiger partial charge in [0.25, 0.3) is 11.8 Å². The number of amides is 2. The molecule has 0 spiro atoms. The van der Waals surface area contributed by atoms with E-state index >= 15 is 0 Å². The Bertz CT molecular complexity index is 954. The van der Waals surface area contributed by atoms with Gasteiger partial charge in [-0.25, -0.2) is 0 Å². The van der Waals surface area contributed by atoms with Crippen molar-refractivity contribution in [1.29, 1.82) is 0 Å². The minimum Gasteiger partial charge on any atom is -0.380 e. The van der Waals surface area contributed by atoms with Gasteiger partial charge in [0.1, 0.15) is 0 Å². The van der Waals surface area contributed by atoms with E-state index in [0.717, 1.165) is 57.2 Å². The van der Waals surface area contributed by atoms with Gasteiger partial charge < -0.3 is 4.74 Å². The van der Waals surface area contributed by atoms with Crippen LogP contribution < -0.4 is 0 Å². The molecule has 1 saturated carbocycles. The summed E-state index contributed by atoms with van der Waals surface area (Å²) < 4.78 is 5.85. The Morgan fingerprint density at radius 1 is 0.914 bits per heavy atom. The summed E-state index contributed by atoms with van der Waals surface area (Å²) in [4.78, 5) is 29.9. The lowest BCUT2D eigenvalue weighted by molar-refractivity contribution is 0.0650. The summed E-state index contributed by atoms with van der Waals surface area (Å²) in [5.41, 5.74) is 2.44. The number of ether oxygens (including phenoxy) is 1. The third-order valence-electron chi connectivity index (χ3n) is 6.87. The van der Waals surface area contributed by atoms with Crippen molar-refractivity contribution in [3.05, 3.63) is 65.2 Å². The van der Waals surface area contributed by atoms with Crippen LogP contribution in [-0.2, 0) is 11.3 Å². The summed E-state index contributed by atoms with van der Waals surface area (Å²) >= 11 is 2.05. The molecule has 0 N–H and O–H groups in total. The van der Waals surface area contributed by atoms with Gasteiger partial charge in [-0.05, 0) is 62.6 Å². The summed E-state index contributed by atoms with van der Waals surface area (Å²) in [6, 6.07) is 16.1. The van der Waals surface area contributed by atoms with Gasteiger partial charge in [0.15, 0.2) is 0 Å². The molecule has 0 unspecified atom stereocenters. The maximum Gasteiger partial charge on any atom is 0.261 e. The number of benzene rings is 2. The van der Waals surface area contributed by atoms with Crippen LogP contribution in [0, 0.1) is 0 Å². The summed E-state index contributed by atoms with van der Waals surface area (Å²) in [5.74, 6) is -0.310. The zero-order valence-corrected chi connectivity index (χ0v) is 21.7. The van der Waals surface area contributed by atoms with Crippen molar-refractivity contribution >= 4 is 23.6 Å². The molecule has 2 amide bonds. The van der Waals surface area contributed by atoms with Crippen LogP contribution >= 0.6 is 11.8 Å². The molecule has 1 heterocycles. The first-order valence-corrected chi connectivity index (χ1v) is 14.0. The van der Waals surface area contributed by atoms with E-state index in [1.165, 1.54) is 41.0 Å². The minimum atomic E-state index is -0.155. The van der Waals surface area contributed by atoms with Crippen molar-refractivity contribution in [2.75, 3.05) is 33.4 Å². The first-order valence-electron chi connectivity index (χ1n) is 13.1. The molecule has 2 aliphatic rings. The summed E-state index contributed by atoms with van der Waals surface area (Å²) in [7, 11) is 2.15. The molecule has 1 fully saturated rings. The van der Waals surface area contributed by atoms with Crippen molar-refractivity contribution in [1.82, 2.24) is 9.80 Å². The van der Waals surface area contributed by atoms with Crippen LogP contribution in [0.1, 0.15) is 77.6 Å². The summed E-state index contributed by atoms with van der Waals surface area (Å²) in [6.07, 6.45) is 9.37. The Kier molecular flexibility index (Phi) is 9.81. The highest BCUT2D eigenvalue weighted by atomic mass is 32.2. The third kappa shape index (κ3) is 7.42. The standard InChI is InChI=1S/C29H38N2O3S/c1-30(22-23-11-10-14-25(21-23)35-24-12-4-5-13-24)18-20-34-19-9-3-2-8-17-31-28(32)26-15-6-7-16-27(26)29(31)33/h6-7,10-11,14-16,21,24H,2-5,8-9,12-13,17-20,22H2,1H3. The molecule has 188 valence electrons. The highest BCUT2D eigenvalue weighted by molar-refractivity contribution is 8.00. The van der Waals surface area contributed by atoms with E-state index in [2.05, 4.69) is 48.0 Å². The van der Waals surface area contributed by atoms with Gasteiger partial charge in [-0.1, -0.05) is 49.9 Å². The molecule has 0 radical (unpaired) electrons.